The van der Waals surface area contributed by atoms with E-state index in [1.54, 1.807) is 6.07 Å². The summed E-state index contributed by atoms with van der Waals surface area (Å²) >= 11 is 0. The molecule has 3 heterocycles. The maximum atomic E-state index is 12.7. The second kappa shape index (κ2) is 7.27. The van der Waals surface area contributed by atoms with E-state index in [2.05, 4.69) is 9.88 Å². The van der Waals surface area contributed by atoms with E-state index >= 15 is 0 Å². The van der Waals surface area contributed by atoms with E-state index < -0.39 is 21.7 Å². The molecule has 2 saturated heterocycles. The Morgan fingerprint density at radius 2 is 1.86 bits per heavy atom. The summed E-state index contributed by atoms with van der Waals surface area (Å²) in [4.78, 5) is 6.10. The zero-order valence-electron chi connectivity index (χ0n) is 15.9. The topological polar surface area (TPSA) is 50.3 Å². The van der Waals surface area contributed by atoms with Gasteiger partial charge >= 0.3 is 6.18 Å². The summed E-state index contributed by atoms with van der Waals surface area (Å²) in [5, 5.41) is 0. The highest BCUT2D eigenvalue weighted by Crippen LogP contribution is 2.43. The van der Waals surface area contributed by atoms with Crippen molar-refractivity contribution in [3.63, 3.8) is 0 Å². The van der Waals surface area contributed by atoms with Crippen LogP contribution in [0.4, 0.5) is 13.2 Å². The number of alkyl halides is 3. The van der Waals surface area contributed by atoms with Crippen LogP contribution < -0.4 is 0 Å². The fraction of sp³-hybridized carbons (Fsp3) is 0.750. The summed E-state index contributed by atoms with van der Waals surface area (Å²) in [6, 6.07) is 3.11. The first-order chi connectivity index (χ1) is 13.2. The zero-order chi connectivity index (χ0) is 20.0. The first-order valence-corrected chi connectivity index (χ1v) is 12.0. The van der Waals surface area contributed by atoms with Crippen molar-refractivity contribution in [1.29, 1.82) is 0 Å². The normalized spacial score (nSPS) is 34.0. The van der Waals surface area contributed by atoms with E-state index in [4.69, 9.17) is 0 Å². The molecule has 1 aromatic heterocycles. The molecule has 0 radical (unpaired) electrons. The molecule has 0 amide bonds. The average Bonchev–Trinajstić information content (AvgIpc) is 2.95. The number of hydrogen-bond donors (Lipinski definition) is 0. The summed E-state index contributed by atoms with van der Waals surface area (Å²) in [6.45, 7) is 1.91. The molecular weight excluding hydrogens is 389 g/mol. The molecule has 2 aliphatic heterocycles. The van der Waals surface area contributed by atoms with Crippen LogP contribution in [0.3, 0.4) is 0 Å². The molecule has 1 aliphatic carbocycles. The molecule has 8 heteroatoms. The molecule has 0 aromatic carbocycles. The number of sulfone groups is 1. The van der Waals surface area contributed by atoms with Crippen molar-refractivity contribution in [2.45, 2.75) is 63.1 Å². The van der Waals surface area contributed by atoms with Crippen LogP contribution in [0.1, 0.15) is 62.1 Å². The van der Waals surface area contributed by atoms with E-state index in [0.29, 0.717) is 17.5 Å². The fourth-order valence-corrected chi connectivity index (χ4v) is 7.65. The third-order valence-electron chi connectivity index (χ3n) is 6.92. The number of aromatic nitrogens is 1. The molecular formula is C20H27F3N2O2S. The smallest absolute Gasteiger partial charge is 0.300 e. The first kappa shape index (κ1) is 20.1. The van der Waals surface area contributed by atoms with Gasteiger partial charge in [0.2, 0.25) is 0 Å². The minimum Gasteiger partial charge on any atom is -0.300 e. The van der Waals surface area contributed by atoms with Crippen LogP contribution in [0.2, 0.25) is 0 Å². The number of rotatable bonds is 2. The van der Waals surface area contributed by atoms with Gasteiger partial charge in [-0.2, -0.15) is 13.2 Å². The number of nitrogens with zero attached hydrogens (tertiary/aromatic N) is 2. The predicted molar refractivity (Wildman–Crippen MR) is 101 cm³/mol. The number of hydrogen-bond acceptors (Lipinski definition) is 4. The van der Waals surface area contributed by atoms with Gasteiger partial charge in [-0.15, -0.1) is 0 Å². The van der Waals surface area contributed by atoms with Gasteiger partial charge in [-0.3, -0.25) is 9.88 Å². The van der Waals surface area contributed by atoms with Crippen LogP contribution in [0.25, 0.3) is 0 Å². The molecule has 156 valence electrons. The summed E-state index contributed by atoms with van der Waals surface area (Å²) < 4.78 is 62.0. The standard InChI is InChI=1S/C20H27F3N2O2S/c21-20(22,23)18-7-4-16(12-24-18)15-2-5-17(6-3-15)25-10-1-8-19(13-25)9-11-28(26,27)14-19/h4,7,12,15,17H,1-3,5-6,8-11,13-14H2. The van der Waals surface area contributed by atoms with Gasteiger partial charge in [0.25, 0.3) is 0 Å². The Bertz CT molecular complexity index is 802. The molecule has 0 N–H and O–H groups in total. The van der Waals surface area contributed by atoms with Crippen molar-refractivity contribution >= 4 is 9.84 Å². The summed E-state index contributed by atoms with van der Waals surface area (Å²) in [6.07, 6.45) is 3.75. The van der Waals surface area contributed by atoms with Gasteiger partial charge in [-0.05, 0) is 74.5 Å². The lowest BCUT2D eigenvalue weighted by Crippen LogP contribution is -2.49. The van der Waals surface area contributed by atoms with Gasteiger partial charge < -0.3 is 0 Å². The second-order valence-corrected chi connectivity index (χ2v) is 11.1. The summed E-state index contributed by atoms with van der Waals surface area (Å²) in [5.41, 5.74) is 0.00386. The van der Waals surface area contributed by atoms with E-state index in [9.17, 15) is 21.6 Å². The highest BCUT2D eigenvalue weighted by atomic mass is 32.2. The summed E-state index contributed by atoms with van der Waals surface area (Å²) in [7, 11) is -2.88. The molecule has 3 aliphatic rings. The largest absolute Gasteiger partial charge is 0.433 e. The van der Waals surface area contributed by atoms with Crippen LogP contribution in [-0.4, -0.2) is 48.9 Å². The van der Waals surface area contributed by atoms with Crippen molar-refractivity contribution in [2.75, 3.05) is 24.6 Å². The minimum atomic E-state index is -4.39. The van der Waals surface area contributed by atoms with Crippen LogP contribution in [-0.2, 0) is 16.0 Å². The molecule has 28 heavy (non-hydrogen) atoms. The Kier molecular flexibility index (Phi) is 5.23. The molecule has 1 aromatic rings. The Hall–Kier alpha value is -1.15. The molecule has 1 unspecified atom stereocenters. The monoisotopic (exact) mass is 416 g/mol. The molecule has 1 saturated carbocycles. The lowest BCUT2D eigenvalue weighted by Gasteiger charge is -2.45. The molecule has 1 spiro atoms. The fourth-order valence-electron chi connectivity index (χ4n) is 5.45. The SMILES string of the molecule is O=S1(=O)CCC2(CCCN(C3CCC(c4ccc(C(F)(F)F)nc4)CC3)C2)C1. The highest BCUT2D eigenvalue weighted by molar-refractivity contribution is 7.91. The molecule has 0 bridgehead atoms. The Morgan fingerprint density at radius 3 is 2.43 bits per heavy atom. The van der Waals surface area contributed by atoms with Gasteiger partial charge in [0, 0.05) is 18.8 Å². The lowest BCUT2D eigenvalue weighted by atomic mass is 9.76. The Labute approximate surface area is 164 Å². The average molecular weight is 417 g/mol. The van der Waals surface area contributed by atoms with Crippen LogP contribution in [0.15, 0.2) is 18.3 Å². The maximum absolute atomic E-state index is 12.7. The number of piperidine rings is 1. The minimum absolute atomic E-state index is 0.0503. The zero-order valence-corrected chi connectivity index (χ0v) is 16.7. The number of likely N-dealkylation sites (tertiary alicyclic amines) is 1. The van der Waals surface area contributed by atoms with Crippen LogP contribution >= 0.6 is 0 Å². The van der Waals surface area contributed by atoms with E-state index in [0.717, 1.165) is 69.7 Å². The summed E-state index contributed by atoms with van der Waals surface area (Å²) in [5.74, 6) is 0.925. The van der Waals surface area contributed by atoms with Crippen molar-refractivity contribution in [1.82, 2.24) is 9.88 Å². The van der Waals surface area contributed by atoms with E-state index in [1.807, 2.05) is 0 Å². The molecule has 3 fully saturated rings. The maximum Gasteiger partial charge on any atom is 0.433 e. The van der Waals surface area contributed by atoms with E-state index in [-0.39, 0.29) is 11.3 Å². The van der Waals surface area contributed by atoms with Crippen LogP contribution in [0.5, 0.6) is 0 Å². The predicted octanol–water partition coefficient (Wildman–Crippen LogP) is 4.03. The molecule has 4 rings (SSSR count). The molecule has 4 nitrogen and oxygen atoms in total. The van der Waals surface area contributed by atoms with Crippen molar-refractivity contribution in [3.05, 3.63) is 29.6 Å². The van der Waals surface area contributed by atoms with Crippen molar-refractivity contribution in [3.8, 4) is 0 Å². The van der Waals surface area contributed by atoms with Gasteiger partial charge in [-0.25, -0.2) is 8.42 Å². The third-order valence-corrected chi connectivity index (χ3v) is 8.80. The van der Waals surface area contributed by atoms with Crippen LogP contribution in [0, 0.1) is 5.41 Å². The highest BCUT2D eigenvalue weighted by Gasteiger charge is 2.46. The third kappa shape index (κ3) is 4.22. The van der Waals surface area contributed by atoms with Crippen molar-refractivity contribution < 1.29 is 21.6 Å². The number of pyridine rings is 1. The van der Waals surface area contributed by atoms with Gasteiger partial charge in [0.1, 0.15) is 5.69 Å². The first-order valence-electron chi connectivity index (χ1n) is 10.1. The lowest BCUT2D eigenvalue weighted by molar-refractivity contribution is -0.141. The Morgan fingerprint density at radius 1 is 1.11 bits per heavy atom. The van der Waals surface area contributed by atoms with Gasteiger partial charge in [0.05, 0.1) is 11.5 Å². The van der Waals surface area contributed by atoms with Gasteiger partial charge in [0.15, 0.2) is 9.84 Å². The van der Waals surface area contributed by atoms with Crippen molar-refractivity contribution in [2.24, 2.45) is 5.41 Å². The Balaban J connectivity index is 1.35. The quantitative estimate of drug-likeness (QED) is 0.731. The molecule has 1 atom stereocenters. The van der Waals surface area contributed by atoms with Gasteiger partial charge in [-0.1, -0.05) is 6.07 Å². The number of halogens is 3. The second-order valence-electron chi connectivity index (χ2n) is 8.90. The van der Waals surface area contributed by atoms with E-state index in [1.165, 1.54) is 6.20 Å².